The first-order valence-corrected chi connectivity index (χ1v) is 6.60. The standard InChI is InChI=1S/C16H17NO4/c18-14-7-6-12(10-15(14)19)8-9-17-16(20)11-21-13-4-2-1-3-5-13/h1-7,10,18-19H,8-9,11H2,(H,17,20). The van der Waals surface area contributed by atoms with E-state index in [1.54, 1.807) is 18.2 Å². The van der Waals surface area contributed by atoms with Gasteiger partial charge in [-0.2, -0.15) is 0 Å². The highest BCUT2D eigenvalue weighted by molar-refractivity contribution is 5.77. The zero-order valence-electron chi connectivity index (χ0n) is 11.5. The van der Waals surface area contributed by atoms with Crippen LogP contribution in [0.3, 0.4) is 0 Å². The summed E-state index contributed by atoms with van der Waals surface area (Å²) in [5.74, 6) is 0.128. The number of hydrogen-bond donors (Lipinski definition) is 3. The van der Waals surface area contributed by atoms with Crippen molar-refractivity contribution in [1.29, 1.82) is 0 Å². The first-order valence-electron chi connectivity index (χ1n) is 6.60. The third kappa shape index (κ3) is 4.72. The van der Waals surface area contributed by atoms with E-state index in [4.69, 9.17) is 4.74 Å². The summed E-state index contributed by atoms with van der Waals surface area (Å²) in [6.45, 7) is 0.395. The number of phenolic OH excluding ortho intramolecular Hbond substituents is 2. The van der Waals surface area contributed by atoms with Gasteiger partial charge in [0.15, 0.2) is 18.1 Å². The van der Waals surface area contributed by atoms with Crippen LogP contribution in [0.5, 0.6) is 17.2 Å². The molecule has 1 amide bonds. The largest absolute Gasteiger partial charge is 0.504 e. The van der Waals surface area contributed by atoms with E-state index >= 15 is 0 Å². The predicted molar refractivity (Wildman–Crippen MR) is 78.4 cm³/mol. The maximum absolute atomic E-state index is 11.6. The van der Waals surface area contributed by atoms with Gasteiger partial charge in [0, 0.05) is 6.54 Å². The number of carbonyl (C=O) groups excluding carboxylic acids is 1. The molecule has 110 valence electrons. The molecule has 2 aromatic rings. The number of ether oxygens (including phenoxy) is 1. The van der Waals surface area contributed by atoms with Gasteiger partial charge in [0.25, 0.3) is 5.91 Å². The quantitative estimate of drug-likeness (QED) is 0.708. The summed E-state index contributed by atoms with van der Waals surface area (Å²) >= 11 is 0. The molecule has 3 N–H and O–H groups in total. The van der Waals surface area contributed by atoms with Crippen LogP contribution in [0.4, 0.5) is 0 Å². The molecule has 0 saturated carbocycles. The summed E-state index contributed by atoms with van der Waals surface area (Å²) in [5, 5.41) is 21.3. The summed E-state index contributed by atoms with van der Waals surface area (Å²) in [6.07, 6.45) is 0.560. The van der Waals surface area contributed by atoms with Crippen LogP contribution < -0.4 is 10.1 Å². The Kier molecular flexibility index (Phi) is 5.04. The Hall–Kier alpha value is -2.69. The molecular formula is C16H17NO4. The number of aromatic hydroxyl groups is 2. The summed E-state index contributed by atoms with van der Waals surface area (Å²) in [7, 11) is 0. The lowest BCUT2D eigenvalue weighted by molar-refractivity contribution is -0.123. The predicted octanol–water partition coefficient (Wildman–Crippen LogP) is 1.84. The summed E-state index contributed by atoms with van der Waals surface area (Å²) in [4.78, 5) is 11.6. The van der Waals surface area contributed by atoms with Gasteiger partial charge in [-0.05, 0) is 36.2 Å². The average molecular weight is 287 g/mol. The number of nitrogens with one attached hydrogen (secondary N) is 1. The second-order valence-electron chi connectivity index (χ2n) is 4.52. The van der Waals surface area contributed by atoms with E-state index in [0.717, 1.165) is 5.56 Å². The lowest BCUT2D eigenvalue weighted by atomic mass is 10.1. The molecule has 2 rings (SSSR count). The topological polar surface area (TPSA) is 78.8 Å². The van der Waals surface area contributed by atoms with Gasteiger partial charge in [-0.15, -0.1) is 0 Å². The van der Waals surface area contributed by atoms with Crippen molar-refractivity contribution in [3.63, 3.8) is 0 Å². The van der Waals surface area contributed by atoms with Crippen LogP contribution in [0, 0.1) is 0 Å². The fourth-order valence-corrected chi connectivity index (χ4v) is 1.79. The van der Waals surface area contributed by atoms with Crippen LogP contribution in [-0.2, 0) is 11.2 Å². The van der Waals surface area contributed by atoms with E-state index in [9.17, 15) is 15.0 Å². The third-order valence-electron chi connectivity index (χ3n) is 2.89. The van der Waals surface area contributed by atoms with Crippen LogP contribution in [0.25, 0.3) is 0 Å². The molecule has 2 aromatic carbocycles. The molecule has 0 bridgehead atoms. The van der Waals surface area contributed by atoms with Crippen LogP contribution in [0.2, 0.25) is 0 Å². The number of rotatable bonds is 6. The van der Waals surface area contributed by atoms with E-state index in [-0.39, 0.29) is 24.0 Å². The van der Waals surface area contributed by atoms with Crippen molar-refractivity contribution < 1.29 is 19.7 Å². The minimum atomic E-state index is -0.207. The van der Waals surface area contributed by atoms with Gasteiger partial charge in [0.05, 0.1) is 0 Å². The zero-order valence-corrected chi connectivity index (χ0v) is 11.5. The molecule has 0 unspecified atom stereocenters. The second-order valence-corrected chi connectivity index (χ2v) is 4.52. The molecule has 0 saturated heterocycles. The van der Waals surface area contributed by atoms with Crippen molar-refractivity contribution in [2.75, 3.05) is 13.2 Å². The summed E-state index contributed by atoms with van der Waals surface area (Å²) in [6, 6.07) is 13.7. The molecule has 0 spiro atoms. The number of phenols is 2. The molecule has 0 aliphatic carbocycles. The van der Waals surface area contributed by atoms with Gasteiger partial charge in [-0.25, -0.2) is 0 Å². The third-order valence-corrected chi connectivity index (χ3v) is 2.89. The minimum absolute atomic E-state index is 0.0369. The lowest BCUT2D eigenvalue weighted by Crippen LogP contribution is -2.30. The van der Waals surface area contributed by atoms with Crippen molar-refractivity contribution in [3.8, 4) is 17.2 Å². The molecule has 0 aromatic heterocycles. The van der Waals surface area contributed by atoms with Crippen molar-refractivity contribution in [2.45, 2.75) is 6.42 Å². The highest BCUT2D eigenvalue weighted by atomic mass is 16.5. The Balaban J connectivity index is 1.70. The Morgan fingerprint density at radius 3 is 2.52 bits per heavy atom. The molecule has 0 aliphatic heterocycles. The lowest BCUT2D eigenvalue weighted by Gasteiger charge is -2.08. The second kappa shape index (κ2) is 7.19. The highest BCUT2D eigenvalue weighted by Crippen LogP contribution is 2.24. The summed E-state index contributed by atoms with van der Waals surface area (Å²) < 4.78 is 5.32. The van der Waals surface area contributed by atoms with Gasteiger partial charge >= 0.3 is 0 Å². The molecule has 0 heterocycles. The number of para-hydroxylation sites is 1. The molecule has 5 nitrogen and oxygen atoms in total. The van der Waals surface area contributed by atoms with Crippen molar-refractivity contribution in [3.05, 3.63) is 54.1 Å². The van der Waals surface area contributed by atoms with E-state index in [1.165, 1.54) is 12.1 Å². The maximum atomic E-state index is 11.6. The monoisotopic (exact) mass is 287 g/mol. The van der Waals surface area contributed by atoms with Crippen LogP contribution in [0.1, 0.15) is 5.56 Å². The van der Waals surface area contributed by atoms with Crippen LogP contribution in [0.15, 0.2) is 48.5 Å². The first-order chi connectivity index (χ1) is 10.1. The average Bonchev–Trinajstić information content (AvgIpc) is 2.50. The molecule has 5 heteroatoms. The maximum Gasteiger partial charge on any atom is 0.257 e. The number of hydrogen-bond acceptors (Lipinski definition) is 4. The molecule has 0 aliphatic rings. The number of benzene rings is 2. The van der Waals surface area contributed by atoms with Crippen LogP contribution >= 0.6 is 0 Å². The van der Waals surface area contributed by atoms with E-state index < -0.39 is 0 Å². The Labute approximate surface area is 122 Å². The molecular weight excluding hydrogens is 270 g/mol. The molecule has 0 radical (unpaired) electrons. The summed E-state index contributed by atoms with van der Waals surface area (Å²) in [5.41, 5.74) is 0.828. The van der Waals surface area contributed by atoms with Crippen LogP contribution in [-0.4, -0.2) is 29.3 Å². The Morgan fingerprint density at radius 1 is 1.05 bits per heavy atom. The van der Waals surface area contributed by atoms with Crippen molar-refractivity contribution >= 4 is 5.91 Å². The van der Waals surface area contributed by atoms with Gasteiger partial charge in [0.2, 0.25) is 0 Å². The number of carbonyl (C=O) groups is 1. The Bertz CT molecular complexity index is 598. The van der Waals surface area contributed by atoms with Gasteiger partial charge in [-0.1, -0.05) is 24.3 Å². The molecule has 0 atom stereocenters. The first kappa shape index (κ1) is 14.7. The van der Waals surface area contributed by atoms with E-state index in [2.05, 4.69) is 5.32 Å². The van der Waals surface area contributed by atoms with Crippen molar-refractivity contribution in [2.24, 2.45) is 0 Å². The van der Waals surface area contributed by atoms with E-state index in [0.29, 0.717) is 18.7 Å². The fourth-order valence-electron chi connectivity index (χ4n) is 1.79. The fraction of sp³-hybridized carbons (Fsp3) is 0.188. The molecule has 0 fully saturated rings. The smallest absolute Gasteiger partial charge is 0.257 e. The highest BCUT2D eigenvalue weighted by Gasteiger charge is 2.04. The van der Waals surface area contributed by atoms with E-state index in [1.807, 2.05) is 18.2 Å². The van der Waals surface area contributed by atoms with Gasteiger partial charge in [-0.3, -0.25) is 4.79 Å². The van der Waals surface area contributed by atoms with Crippen molar-refractivity contribution in [1.82, 2.24) is 5.32 Å². The number of amides is 1. The van der Waals surface area contributed by atoms with Gasteiger partial charge < -0.3 is 20.3 Å². The Morgan fingerprint density at radius 2 is 1.81 bits per heavy atom. The minimum Gasteiger partial charge on any atom is -0.504 e. The molecule has 21 heavy (non-hydrogen) atoms. The SMILES string of the molecule is O=C(COc1ccccc1)NCCc1ccc(O)c(O)c1. The zero-order chi connectivity index (χ0) is 15.1. The normalized spacial score (nSPS) is 10.1. The van der Waals surface area contributed by atoms with Gasteiger partial charge in [0.1, 0.15) is 5.75 Å².